The molecule has 3 aromatic rings. The van der Waals surface area contributed by atoms with Crippen molar-refractivity contribution in [2.45, 2.75) is 12.6 Å². The maximum absolute atomic E-state index is 13.4. The van der Waals surface area contributed by atoms with Crippen molar-refractivity contribution < 1.29 is 19.1 Å². The van der Waals surface area contributed by atoms with Gasteiger partial charge in [0.05, 0.1) is 17.8 Å². The average Bonchev–Trinajstić information content (AvgIpc) is 2.97. The molecule has 2 aliphatic rings. The summed E-state index contributed by atoms with van der Waals surface area (Å²) in [6.45, 7) is 0.745. The standard InChI is InChI=1S/C26H22ClN3O4/c27-20-9-6-18(7-10-20)19-8-11-22-21(14-19)25(32)30-13-12-29(15-23(30)24(31)28-22)26(33)34-16-17-4-2-1-3-5-17/h1-11,14,23H,12-13,15-16H2,(H,28,31). The highest BCUT2D eigenvalue weighted by Gasteiger charge is 2.40. The minimum absolute atomic E-state index is 0.0726. The molecule has 1 fully saturated rings. The topological polar surface area (TPSA) is 79.0 Å². The number of hydrogen-bond acceptors (Lipinski definition) is 4. The van der Waals surface area contributed by atoms with Crippen LogP contribution in [0.3, 0.4) is 0 Å². The van der Waals surface area contributed by atoms with Crippen molar-refractivity contribution >= 4 is 35.2 Å². The Balaban J connectivity index is 1.33. The normalized spacial score (nSPS) is 17.4. The lowest BCUT2D eigenvalue weighted by molar-refractivity contribution is -0.122. The number of amides is 3. The first-order valence-electron chi connectivity index (χ1n) is 11.0. The van der Waals surface area contributed by atoms with E-state index in [1.807, 2.05) is 48.5 Å². The van der Waals surface area contributed by atoms with E-state index in [9.17, 15) is 14.4 Å². The third kappa shape index (κ3) is 4.34. The molecule has 0 radical (unpaired) electrons. The van der Waals surface area contributed by atoms with E-state index in [1.165, 1.54) is 9.80 Å². The molecule has 1 unspecified atom stereocenters. The highest BCUT2D eigenvalue weighted by Crippen LogP contribution is 2.30. The van der Waals surface area contributed by atoms with Crippen LogP contribution in [-0.2, 0) is 16.1 Å². The van der Waals surface area contributed by atoms with Crippen LogP contribution in [0.4, 0.5) is 10.5 Å². The molecule has 172 valence electrons. The number of carbonyl (C=O) groups excluding carboxylic acids is 3. The SMILES string of the molecule is O=C1Nc2ccc(-c3ccc(Cl)cc3)cc2C(=O)N2CCN(C(=O)OCc3ccccc3)CC12. The van der Waals surface area contributed by atoms with Crippen LogP contribution in [0.15, 0.2) is 72.8 Å². The molecule has 0 saturated carbocycles. The van der Waals surface area contributed by atoms with Crippen molar-refractivity contribution in [1.82, 2.24) is 9.80 Å². The Morgan fingerprint density at radius 3 is 2.47 bits per heavy atom. The molecule has 5 rings (SSSR count). The molecular formula is C26H22ClN3O4. The van der Waals surface area contributed by atoms with Crippen LogP contribution in [0.25, 0.3) is 11.1 Å². The van der Waals surface area contributed by atoms with E-state index in [2.05, 4.69) is 5.32 Å². The third-order valence-electron chi connectivity index (χ3n) is 6.09. The molecule has 0 aromatic heterocycles. The van der Waals surface area contributed by atoms with Gasteiger partial charge < -0.3 is 19.9 Å². The molecule has 8 heteroatoms. The molecule has 0 aliphatic carbocycles. The molecular weight excluding hydrogens is 454 g/mol. The predicted octanol–water partition coefficient (Wildman–Crippen LogP) is 4.42. The lowest BCUT2D eigenvalue weighted by Crippen LogP contribution is -2.59. The van der Waals surface area contributed by atoms with Gasteiger partial charge in [0.2, 0.25) is 5.91 Å². The summed E-state index contributed by atoms with van der Waals surface area (Å²) in [4.78, 5) is 42.1. The molecule has 3 amide bonds. The number of piperazine rings is 1. The Kier molecular flexibility index (Phi) is 5.94. The van der Waals surface area contributed by atoms with Crippen molar-refractivity contribution in [3.8, 4) is 11.1 Å². The van der Waals surface area contributed by atoms with Gasteiger partial charge in [-0.1, -0.05) is 60.1 Å². The summed E-state index contributed by atoms with van der Waals surface area (Å²) in [7, 11) is 0. The highest BCUT2D eigenvalue weighted by molar-refractivity contribution is 6.30. The predicted molar refractivity (Wildman–Crippen MR) is 129 cm³/mol. The van der Waals surface area contributed by atoms with Gasteiger partial charge in [-0.3, -0.25) is 9.59 Å². The maximum Gasteiger partial charge on any atom is 0.410 e. The van der Waals surface area contributed by atoms with Gasteiger partial charge in [0, 0.05) is 18.1 Å². The summed E-state index contributed by atoms with van der Waals surface area (Å²) >= 11 is 5.99. The molecule has 34 heavy (non-hydrogen) atoms. The molecule has 3 aromatic carbocycles. The van der Waals surface area contributed by atoms with Gasteiger partial charge >= 0.3 is 6.09 Å². The first-order chi connectivity index (χ1) is 16.5. The summed E-state index contributed by atoms with van der Waals surface area (Å²) < 4.78 is 5.42. The van der Waals surface area contributed by atoms with Crippen molar-refractivity contribution in [1.29, 1.82) is 0 Å². The number of fused-ring (bicyclic) bond motifs is 2. The Morgan fingerprint density at radius 1 is 0.971 bits per heavy atom. The fraction of sp³-hybridized carbons (Fsp3) is 0.192. The van der Waals surface area contributed by atoms with Crippen LogP contribution >= 0.6 is 11.6 Å². The van der Waals surface area contributed by atoms with Crippen LogP contribution in [0.1, 0.15) is 15.9 Å². The second kappa shape index (κ2) is 9.19. The van der Waals surface area contributed by atoms with E-state index >= 15 is 0 Å². The Bertz CT molecular complexity index is 1250. The lowest BCUT2D eigenvalue weighted by atomic mass is 10.0. The first-order valence-corrected chi connectivity index (χ1v) is 11.3. The van der Waals surface area contributed by atoms with Crippen LogP contribution in [0, 0.1) is 0 Å². The van der Waals surface area contributed by atoms with Crippen molar-refractivity contribution in [3.05, 3.63) is 88.9 Å². The quantitative estimate of drug-likeness (QED) is 0.608. The fourth-order valence-electron chi connectivity index (χ4n) is 4.25. The second-order valence-electron chi connectivity index (χ2n) is 8.26. The summed E-state index contributed by atoms with van der Waals surface area (Å²) in [5.41, 5.74) is 3.52. The van der Waals surface area contributed by atoms with Gasteiger partial charge in [0.1, 0.15) is 12.6 Å². The number of nitrogens with zero attached hydrogens (tertiary/aromatic N) is 2. The number of hydrogen-bond donors (Lipinski definition) is 1. The van der Waals surface area contributed by atoms with E-state index in [0.717, 1.165) is 16.7 Å². The van der Waals surface area contributed by atoms with E-state index in [1.54, 1.807) is 24.3 Å². The van der Waals surface area contributed by atoms with Gasteiger partial charge in [0.15, 0.2) is 0 Å². The summed E-state index contributed by atoms with van der Waals surface area (Å²) in [5.74, 6) is -0.571. The number of nitrogens with one attached hydrogen (secondary N) is 1. The largest absolute Gasteiger partial charge is 0.445 e. The fourth-order valence-corrected chi connectivity index (χ4v) is 4.38. The number of halogens is 1. The minimum atomic E-state index is -0.795. The Labute approximate surface area is 201 Å². The Hall–Kier alpha value is -3.84. The highest BCUT2D eigenvalue weighted by atomic mass is 35.5. The maximum atomic E-state index is 13.4. The monoisotopic (exact) mass is 475 g/mol. The van der Waals surface area contributed by atoms with Crippen molar-refractivity contribution in [2.24, 2.45) is 0 Å². The zero-order valence-electron chi connectivity index (χ0n) is 18.2. The molecule has 1 N–H and O–H groups in total. The number of benzene rings is 3. The zero-order chi connectivity index (χ0) is 23.7. The molecule has 1 atom stereocenters. The summed E-state index contributed by atoms with van der Waals surface area (Å²) in [6, 6.07) is 21.3. The number of rotatable bonds is 3. The molecule has 2 heterocycles. The third-order valence-corrected chi connectivity index (χ3v) is 6.34. The molecule has 7 nitrogen and oxygen atoms in total. The van der Waals surface area contributed by atoms with Gasteiger partial charge in [-0.2, -0.15) is 0 Å². The molecule has 0 spiro atoms. The first kappa shape index (κ1) is 22.0. The number of anilines is 1. The Morgan fingerprint density at radius 2 is 1.71 bits per heavy atom. The molecule has 1 saturated heterocycles. The van der Waals surface area contributed by atoms with Crippen molar-refractivity contribution in [3.63, 3.8) is 0 Å². The van der Waals surface area contributed by atoms with Gasteiger partial charge in [-0.15, -0.1) is 0 Å². The van der Waals surface area contributed by atoms with E-state index < -0.39 is 12.1 Å². The van der Waals surface area contributed by atoms with Gasteiger partial charge in [-0.05, 0) is 41.0 Å². The van der Waals surface area contributed by atoms with Crippen molar-refractivity contribution in [2.75, 3.05) is 25.0 Å². The van der Waals surface area contributed by atoms with E-state index in [-0.39, 0.29) is 38.1 Å². The van der Waals surface area contributed by atoms with E-state index in [0.29, 0.717) is 16.3 Å². The van der Waals surface area contributed by atoms with E-state index in [4.69, 9.17) is 16.3 Å². The zero-order valence-corrected chi connectivity index (χ0v) is 19.0. The van der Waals surface area contributed by atoms with Crippen LogP contribution in [0.2, 0.25) is 5.02 Å². The van der Waals surface area contributed by atoms with Gasteiger partial charge in [0.25, 0.3) is 5.91 Å². The smallest absolute Gasteiger partial charge is 0.410 e. The minimum Gasteiger partial charge on any atom is -0.445 e. The number of carbonyl (C=O) groups is 3. The molecule has 0 bridgehead atoms. The van der Waals surface area contributed by atoms with Gasteiger partial charge in [-0.25, -0.2) is 4.79 Å². The summed E-state index contributed by atoms with van der Waals surface area (Å²) in [5, 5.41) is 3.49. The lowest BCUT2D eigenvalue weighted by Gasteiger charge is -2.38. The van der Waals surface area contributed by atoms with Crippen LogP contribution in [-0.4, -0.2) is 53.4 Å². The summed E-state index contributed by atoms with van der Waals surface area (Å²) in [6.07, 6.45) is -0.504. The second-order valence-corrected chi connectivity index (χ2v) is 8.69. The molecule has 2 aliphatic heterocycles. The average molecular weight is 476 g/mol. The number of ether oxygens (including phenoxy) is 1. The van der Waals surface area contributed by atoms with Crippen LogP contribution < -0.4 is 5.32 Å². The van der Waals surface area contributed by atoms with Crippen LogP contribution in [0.5, 0.6) is 0 Å².